The number of aryl methyl sites for hydroxylation is 1. The molecule has 0 saturated carbocycles. The van der Waals surface area contributed by atoms with E-state index in [0.717, 1.165) is 20.1 Å². The average molecular weight is 423 g/mol. The summed E-state index contributed by atoms with van der Waals surface area (Å²) < 4.78 is 5.64. The Balaban J connectivity index is 2.00. The molecule has 0 atom stereocenters. The highest BCUT2D eigenvalue weighted by Crippen LogP contribution is 2.27. The SMILES string of the molecule is COC(=O)CCc1csc(Nc2ccc(Cl)cc2I)n1. The predicted octanol–water partition coefficient (Wildman–Crippen LogP) is 4.25. The van der Waals surface area contributed by atoms with Gasteiger partial charge in [0.2, 0.25) is 0 Å². The zero-order valence-corrected chi connectivity index (χ0v) is 14.4. The maximum Gasteiger partial charge on any atom is 0.305 e. The van der Waals surface area contributed by atoms with Crippen LogP contribution in [-0.2, 0) is 16.0 Å². The van der Waals surface area contributed by atoms with Gasteiger partial charge in [-0.3, -0.25) is 4.79 Å². The number of rotatable bonds is 5. The lowest BCUT2D eigenvalue weighted by Crippen LogP contribution is -2.02. The van der Waals surface area contributed by atoms with Crippen LogP contribution < -0.4 is 5.32 Å². The van der Waals surface area contributed by atoms with Gasteiger partial charge in [-0.05, 0) is 40.8 Å². The number of ether oxygens (including phenoxy) is 1. The Morgan fingerprint density at radius 3 is 3.05 bits per heavy atom. The van der Waals surface area contributed by atoms with Crippen molar-refractivity contribution in [1.29, 1.82) is 0 Å². The van der Waals surface area contributed by atoms with Crippen molar-refractivity contribution in [2.45, 2.75) is 12.8 Å². The molecule has 2 aromatic rings. The number of esters is 1. The highest BCUT2D eigenvalue weighted by atomic mass is 127. The molecule has 0 amide bonds. The molecule has 1 aromatic heterocycles. The minimum Gasteiger partial charge on any atom is -0.469 e. The first-order valence-corrected chi connectivity index (χ1v) is 8.15. The van der Waals surface area contributed by atoms with Gasteiger partial charge in [0, 0.05) is 20.4 Å². The van der Waals surface area contributed by atoms with Crippen LogP contribution >= 0.6 is 45.5 Å². The summed E-state index contributed by atoms with van der Waals surface area (Å²) >= 11 is 9.64. The van der Waals surface area contributed by atoms with Crippen LogP contribution in [-0.4, -0.2) is 18.1 Å². The van der Waals surface area contributed by atoms with Crippen molar-refractivity contribution in [3.05, 3.63) is 37.9 Å². The third kappa shape index (κ3) is 4.32. The maximum atomic E-state index is 11.1. The Labute approximate surface area is 139 Å². The number of hydrogen-bond acceptors (Lipinski definition) is 5. The number of carbonyl (C=O) groups excluding carboxylic acids is 1. The number of halogens is 2. The van der Waals surface area contributed by atoms with E-state index in [9.17, 15) is 4.79 Å². The van der Waals surface area contributed by atoms with E-state index in [-0.39, 0.29) is 5.97 Å². The van der Waals surface area contributed by atoms with Gasteiger partial charge in [-0.25, -0.2) is 4.98 Å². The third-order valence-electron chi connectivity index (χ3n) is 2.54. The van der Waals surface area contributed by atoms with Crippen molar-refractivity contribution in [1.82, 2.24) is 4.98 Å². The molecule has 4 nitrogen and oxygen atoms in total. The number of anilines is 2. The van der Waals surface area contributed by atoms with Gasteiger partial charge in [0.25, 0.3) is 0 Å². The minimum absolute atomic E-state index is 0.222. The minimum atomic E-state index is -0.222. The molecule has 0 spiro atoms. The quantitative estimate of drug-likeness (QED) is 0.578. The van der Waals surface area contributed by atoms with Crippen LogP contribution in [0.4, 0.5) is 10.8 Å². The molecule has 2 rings (SSSR count). The molecule has 0 fully saturated rings. The number of carbonyl (C=O) groups is 1. The fraction of sp³-hybridized carbons (Fsp3) is 0.231. The lowest BCUT2D eigenvalue weighted by atomic mass is 10.2. The number of aromatic nitrogens is 1. The van der Waals surface area contributed by atoms with E-state index in [4.69, 9.17) is 11.6 Å². The summed E-state index contributed by atoms with van der Waals surface area (Å²) in [6.45, 7) is 0. The molecule has 7 heteroatoms. The monoisotopic (exact) mass is 422 g/mol. The smallest absolute Gasteiger partial charge is 0.305 e. The highest BCUT2D eigenvalue weighted by Gasteiger charge is 2.07. The van der Waals surface area contributed by atoms with Crippen molar-refractivity contribution >= 4 is 62.3 Å². The molecule has 20 heavy (non-hydrogen) atoms. The van der Waals surface area contributed by atoms with Crippen LogP contribution in [0.1, 0.15) is 12.1 Å². The van der Waals surface area contributed by atoms with Gasteiger partial charge in [0.05, 0.1) is 24.9 Å². The molecule has 0 aliphatic carbocycles. The fourth-order valence-electron chi connectivity index (χ4n) is 1.52. The van der Waals surface area contributed by atoms with Crippen LogP contribution in [0.15, 0.2) is 23.6 Å². The molecule has 106 valence electrons. The molecule has 0 unspecified atom stereocenters. The van der Waals surface area contributed by atoms with Gasteiger partial charge in [-0.1, -0.05) is 11.6 Å². The molecule has 0 bridgehead atoms. The lowest BCUT2D eigenvalue weighted by Gasteiger charge is -2.05. The molecular formula is C13H12ClIN2O2S. The summed E-state index contributed by atoms with van der Waals surface area (Å²) in [4.78, 5) is 15.5. The van der Waals surface area contributed by atoms with Crippen molar-refractivity contribution in [2.75, 3.05) is 12.4 Å². The number of methoxy groups -OCH3 is 1. The average Bonchev–Trinajstić information content (AvgIpc) is 2.87. The summed E-state index contributed by atoms with van der Waals surface area (Å²) in [5.74, 6) is -0.222. The maximum absolute atomic E-state index is 11.1. The van der Waals surface area contributed by atoms with Gasteiger partial charge in [0.15, 0.2) is 5.13 Å². The normalized spacial score (nSPS) is 10.3. The van der Waals surface area contributed by atoms with Crippen LogP contribution in [0.2, 0.25) is 5.02 Å². The van der Waals surface area contributed by atoms with Crippen LogP contribution in [0, 0.1) is 3.57 Å². The second kappa shape index (κ2) is 7.24. The predicted molar refractivity (Wildman–Crippen MR) is 89.9 cm³/mol. The Morgan fingerprint density at radius 1 is 1.55 bits per heavy atom. The van der Waals surface area contributed by atoms with E-state index in [1.54, 1.807) is 0 Å². The molecule has 0 aliphatic heterocycles. The summed E-state index contributed by atoms with van der Waals surface area (Å²) in [5.41, 5.74) is 1.84. The van der Waals surface area contributed by atoms with E-state index >= 15 is 0 Å². The van der Waals surface area contributed by atoms with Crippen LogP contribution in [0.25, 0.3) is 0 Å². The first kappa shape index (κ1) is 15.5. The largest absolute Gasteiger partial charge is 0.469 e. The van der Waals surface area contributed by atoms with E-state index in [0.29, 0.717) is 17.9 Å². The first-order chi connectivity index (χ1) is 9.58. The van der Waals surface area contributed by atoms with Crippen molar-refractivity contribution in [3.8, 4) is 0 Å². The summed E-state index contributed by atoms with van der Waals surface area (Å²) in [6.07, 6.45) is 0.931. The zero-order valence-electron chi connectivity index (χ0n) is 10.7. The Kier molecular flexibility index (Phi) is 5.62. The van der Waals surface area contributed by atoms with Gasteiger partial charge >= 0.3 is 5.97 Å². The van der Waals surface area contributed by atoms with E-state index in [1.165, 1.54) is 18.4 Å². The van der Waals surface area contributed by atoms with E-state index in [2.05, 4.69) is 37.6 Å². The Bertz CT molecular complexity index is 618. The molecule has 1 N–H and O–H groups in total. The number of thiazole rings is 1. The summed E-state index contributed by atoms with van der Waals surface area (Å²) in [7, 11) is 1.39. The molecular weight excluding hydrogens is 411 g/mol. The molecule has 0 aliphatic rings. The second-order valence-corrected chi connectivity index (χ2v) is 6.43. The molecule has 1 heterocycles. The highest BCUT2D eigenvalue weighted by molar-refractivity contribution is 14.1. The number of benzene rings is 1. The first-order valence-electron chi connectivity index (χ1n) is 5.82. The zero-order chi connectivity index (χ0) is 14.5. The van der Waals surface area contributed by atoms with Crippen LogP contribution in [0.3, 0.4) is 0 Å². The van der Waals surface area contributed by atoms with Gasteiger partial charge in [0.1, 0.15) is 0 Å². The topological polar surface area (TPSA) is 51.2 Å². The number of nitrogens with one attached hydrogen (secondary N) is 1. The van der Waals surface area contributed by atoms with Gasteiger partial charge < -0.3 is 10.1 Å². The Hall–Kier alpha value is -0.860. The summed E-state index contributed by atoms with van der Waals surface area (Å²) in [6, 6.07) is 5.63. The van der Waals surface area contributed by atoms with Crippen molar-refractivity contribution < 1.29 is 9.53 Å². The summed E-state index contributed by atoms with van der Waals surface area (Å²) in [5, 5.41) is 6.69. The van der Waals surface area contributed by atoms with Gasteiger partial charge in [-0.15, -0.1) is 11.3 Å². The number of nitrogens with zero attached hydrogens (tertiary/aromatic N) is 1. The molecule has 0 radical (unpaired) electrons. The second-order valence-electron chi connectivity index (χ2n) is 3.97. The van der Waals surface area contributed by atoms with E-state index < -0.39 is 0 Å². The third-order valence-corrected chi connectivity index (χ3v) is 4.47. The lowest BCUT2D eigenvalue weighted by molar-refractivity contribution is -0.140. The fourth-order valence-corrected chi connectivity index (χ4v) is 3.28. The van der Waals surface area contributed by atoms with Crippen molar-refractivity contribution in [2.24, 2.45) is 0 Å². The van der Waals surface area contributed by atoms with E-state index in [1.807, 2.05) is 23.6 Å². The molecule has 1 aromatic carbocycles. The van der Waals surface area contributed by atoms with Gasteiger partial charge in [-0.2, -0.15) is 0 Å². The van der Waals surface area contributed by atoms with Crippen molar-refractivity contribution in [3.63, 3.8) is 0 Å². The number of hydrogen-bond donors (Lipinski definition) is 1. The standard InChI is InChI=1S/C13H12ClIN2O2S/c1-19-12(18)5-3-9-7-20-13(16-9)17-11-4-2-8(14)6-10(11)15/h2,4,6-7H,3,5H2,1H3,(H,16,17). The van der Waals surface area contributed by atoms with Crippen LogP contribution in [0.5, 0.6) is 0 Å². The molecule has 0 saturated heterocycles. The Morgan fingerprint density at radius 2 is 2.35 bits per heavy atom.